The summed E-state index contributed by atoms with van der Waals surface area (Å²) in [5, 5.41) is 9.10. The highest BCUT2D eigenvalue weighted by Crippen LogP contribution is 2.15. The highest BCUT2D eigenvalue weighted by atomic mass is 16.5. The topological polar surface area (TPSA) is 55.8 Å². The van der Waals surface area contributed by atoms with Crippen molar-refractivity contribution in [1.29, 1.82) is 0 Å². The van der Waals surface area contributed by atoms with E-state index in [0.29, 0.717) is 13.0 Å². The number of ether oxygens (including phenoxy) is 2. The highest BCUT2D eigenvalue weighted by molar-refractivity contribution is 5.72. The van der Waals surface area contributed by atoms with Crippen LogP contribution in [-0.2, 0) is 16.0 Å². The van der Waals surface area contributed by atoms with Crippen molar-refractivity contribution in [3.8, 4) is 5.75 Å². The van der Waals surface area contributed by atoms with Crippen LogP contribution in [0.5, 0.6) is 5.75 Å². The lowest BCUT2D eigenvalue weighted by molar-refractivity contribution is -0.150. The Balaban J connectivity index is 2.61. The van der Waals surface area contributed by atoms with Gasteiger partial charge in [-0.2, -0.15) is 0 Å². The number of rotatable bonds is 8. The minimum Gasteiger partial charge on any atom is -0.497 e. The summed E-state index contributed by atoms with van der Waals surface area (Å²) in [6.45, 7) is 2.53. The monoisotopic (exact) mass is 252 g/mol. The zero-order chi connectivity index (χ0) is 13.4. The van der Waals surface area contributed by atoms with Gasteiger partial charge in [0.05, 0.1) is 7.11 Å². The number of methoxy groups -OCH3 is 1. The Labute approximate surface area is 108 Å². The van der Waals surface area contributed by atoms with Gasteiger partial charge in [-0.1, -0.05) is 25.5 Å². The zero-order valence-electron chi connectivity index (χ0n) is 10.9. The quantitative estimate of drug-likeness (QED) is 0.722. The van der Waals surface area contributed by atoms with E-state index >= 15 is 0 Å². The maximum absolute atomic E-state index is 11.1. The van der Waals surface area contributed by atoms with Crippen LogP contribution in [0, 0.1) is 0 Å². The molecule has 0 fully saturated rings. The highest BCUT2D eigenvalue weighted by Gasteiger charge is 2.18. The largest absolute Gasteiger partial charge is 0.497 e. The molecular formula is C14H20O4. The molecule has 0 saturated heterocycles. The van der Waals surface area contributed by atoms with Crippen LogP contribution in [0.15, 0.2) is 24.3 Å². The van der Waals surface area contributed by atoms with Crippen LogP contribution in [0.1, 0.15) is 25.3 Å². The standard InChI is InChI=1S/C14H20O4/c1-3-4-8-18-13(14(15)16)10-11-6-5-7-12(9-11)17-2/h5-7,9,13H,3-4,8,10H2,1-2H3,(H,15,16)/t13-/m0/s1. The summed E-state index contributed by atoms with van der Waals surface area (Å²) in [6, 6.07) is 7.39. The van der Waals surface area contributed by atoms with Crippen LogP contribution >= 0.6 is 0 Å². The second-order valence-electron chi connectivity index (χ2n) is 4.11. The molecule has 1 rings (SSSR count). The van der Waals surface area contributed by atoms with Gasteiger partial charge >= 0.3 is 5.97 Å². The van der Waals surface area contributed by atoms with Crippen molar-refractivity contribution in [2.24, 2.45) is 0 Å². The van der Waals surface area contributed by atoms with E-state index in [2.05, 4.69) is 0 Å². The van der Waals surface area contributed by atoms with Crippen molar-refractivity contribution < 1.29 is 19.4 Å². The van der Waals surface area contributed by atoms with Crippen LogP contribution in [-0.4, -0.2) is 30.9 Å². The normalized spacial score (nSPS) is 12.1. The Bertz CT molecular complexity index is 376. The molecule has 0 heterocycles. The third kappa shape index (κ3) is 4.75. The maximum atomic E-state index is 11.1. The van der Waals surface area contributed by atoms with Crippen LogP contribution in [0.4, 0.5) is 0 Å². The van der Waals surface area contributed by atoms with Gasteiger partial charge in [-0.25, -0.2) is 4.79 Å². The molecule has 1 N–H and O–H groups in total. The average molecular weight is 252 g/mol. The number of aliphatic carboxylic acids is 1. The summed E-state index contributed by atoms with van der Waals surface area (Å²) >= 11 is 0. The van der Waals surface area contributed by atoms with Gasteiger partial charge < -0.3 is 14.6 Å². The number of hydrogen-bond donors (Lipinski definition) is 1. The molecule has 0 unspecified atom stereocenters. The molecule has 4 nitrogen and oxygen atoms in total. The first kappa shape index (κ1) is 14.5. The van der Waals surface area contributed by atoms with E-state index in [1.165, 1.54) is 0 Å². The summed E-state index contributed by atoms with van der Waals surface area (Å²) in [7, 11) is 1.59. The van der Waals surface area contributed by atoms with E-state index in [1.807, 2.05) is 31.2 Å². The molecule has 0 amide bonds. The fourth-order valence-electron chi connectivity index (χ4n) is 1.60. The van der Waals surface area contributed by atoms with E-state index in [0.717, 1.165) is 24.2 Å². The molecule has 1 atom stereocenters. The molecule has 0 aromatic heterocycles. The van der Waals surface area contributed by atoms with Gasteiger partial charge in [0.15, 0.2) is 6.10 Å². The molecular weight excluding hydrogens is 232 g/mol. The SMILES string of the molecule is CCCCO[C@@H](Cc1cccc(OC)c1)C(=O)O. The molecule has 0 bridgehead atoms. The molecule has 0 saturated carbocycles. The molecule has 0 spiro atoms. The van der Waals surface area contributed by atoms with Crippen LogP contribution < -0.4 is 4.74 Å². The Morgan fingerprint density at radius 2 is 2.22 bits per heavy atom. The first-order valence-corrected chi connectivity index (χ1v) is 6.14. The van der Waals surface area contributed by atoms with Crippen molar-refractivity contribution in [3.05, 3.63) is 29.8 Å². The molecule has 18 heavy (non-hydrogen) atoms. The van der Waals surface area contributed by atoms with Crippen molar-refractivity contribution in [2.45, 2.75) is 32.3 Å². The Morgan fingerprint density at radius 3 is 2.83 bits per heavy atom. The summed E-state index contributed by atoms with van der Waals surface area (Å²) in [6.07, 6.45) is 1.44. The average Bonchev–Trinajstić information content (AvgIpc) is 2.38. The van der Waals surface area contributed by atoms with Crippen molar-refractivity contribution >= 4 is 5.97 Å². The van der Waals surface area contributed by atoms with Gasteiger partial charge in [-0.3, -0.25) is 0 Å². The Hall–Kier alpha value is -1.55. The van der Waals surface area contributed by atoms with Crippen LogP contribution in [0.2, 0.25) is 0 Å². The fraction of sp³-hybridized carbons (Fsp3) is 0.500. The Morgan fingerprint density at radius 1 is 1.44 bits per heavy atom. The molecule has 1 aromatic carbocycles. The lowest BCUT2D eigenvalue weighted by Gasteiger charge is -2.14. The van der Waals surface area contributed by atoms with Gasteiger partial charge in [0.2, 0.25) is 0 Å². The van der Waals surface area contributed by atoms with Gasteiger partial charge in [-0.05, 0) is 24.1 Å². The molecule has 1 aromatic rings. The van der Waals surface area contributed by atoms with Gasteiger partial charge in [0.25, 0.3) is 0 Å². The smallest absolute Gasteiger partial charge is 0.333 e. The van der Waals surface area contributed by atoms with Gasteiger partial charge in [0, 0.05) is 13.0 Å². The van der Waals surface area contributed by atoms with Crippen molar-refractivity contribution in [3.63, 3.8) is 0 Å². The molecule has 0 aliphatic rings. The predicted molar refractivity (Wildman–Crippen MR) is 69.0 cm³/mol. The summed E-state index contributed by atoms with van der Waals surface area (Å²) in [4.78, 5) is 11.1. The minimum atomic E-state index is -0.922. The van der Waals surface area contributed by atoms with E-state index in [9.17, 15) is 4.79 Å². The van der Waals surface area contributed by atoms with Crippen LogP contribution in [0.3, 0.4) is 0 Å². The number of carboxylic acids is 1. The number of benzene rings is 1. The van der Waals surface area contributed by atoms with E-state index in [1.54, 1.807) is 7.11 Å². The zero-order valence-corrected chi connectivity index (χ0v) is 10.9. The van der Waals surface area contributed by atoms with E-state index in [-0.39, 0.29) is 0 Å². The van der Waals surface area contributed by atoms with Crippen molar-refractivity contribution in [2.75, 3.05) is 13.7 Å². The second kappa shape index (κ2) is 7.71. The summed E-state index contributed by atoms with van der Waals surface area (Å²) in [5.74, 6) is -0.195. The molecule has 0 aliphatic carbocycles. The van der Waals surface area contributed by atoms with E-state index < -0.39 is 12.1 Å². The second-order valence-corrected chi connectivity index (χ2v) is 4.11. The number of unbranched alkanes of at least 4 members (excludes halogenated alkanes) is 1. The lowest BCUT2D eigenvalue weighted by Crippen LogP contribution is -2.26. The molecule has 4 heteroatoms. The maximum Gasteiger partial charge on any atom is 0.333 e. The number of carboxylic acid groups (broad SMARTS) is 1. The van der Waals surface area contributed by atoms with Crippen molar-refractivity contribution in [1.82, 2.24) is 0 Å². The van der Waals surface area contributed by atoms with E-state index in [4.69, 9.17) is 14.6 Å². The lowest BCUT2D eigenvalue weighted by atomic mass is 10.1. The molecule has 100 valence electrons. The fourth-order valence-corrected chi connectivity index (χ4v) is 1.60. The Kier molecular flexibility index (Phi) is 6.22. The third-order valence-electron chi connectivity index (χ3n) is 2.65. The van der Waals surface area contributed by atoms with Crippen LogP contribution in [0.25, 0.3) is 0 Å². The number of carbonyl (C=O) groups is 1. The van der Waals surface area contributed by atoms with Gasteiger partial charge in [-0.15, -0.1) is 0 Å². The first-order chi connectivity index (χ1) is 8.67. The summed E-state index contributed by atoms with van der Waals surface area (Å²) in [5.41, 5.74) is 0.901. The summed E-state index contributed by atoms with van der Waals surface area (Å²) < 4.78 is 10.5. The molecule has 0 radical (unpaired) electrons. The first-order valence-electron chi connectivity index (χ1n) is 6.14. The minimum absolute atomic E-state index is 0.357. The number of hydrogen-bond acceptors (Lipinski definition) is 3. The van der Waals surface area contributed by atoms with Gasteiger partial charge in [0.1, 0.15) is 5.75 Å². The third-order valence-corrected chi connectivity index (χ3v) is 2.65. The molecule has 0 aliphatic heterocycles. The predicted octanol–water partition coefficient (Wildman–Crippen LogP) is 2.51.